The first-order valence-electron chi connectivity index (χ1n) is 28.2. The summed E-state index contributed by atoms with van der Waals surface area (Å²) in [6.45, 7) is 10.1. The van der Waals surface area contributed by atoms with Gasteiger partial charge >= 0.3 is 18.2 Å². The van der Waals surface area contributed by atoms with Gasteiger partial charge in [-0.2, -0.15) is 11.8 Å². The fourth-order valence-electron chi connectivity index (χ4n) is 11.0. The highest BCUT2D eigenvalue weighted by molar-refractivity contribution is 7.98. The van der Waals surface area contributed by atoms with E-state index in [-0.39, 0.29) is 42.7 Å². The van der Waals surface area contributed by atoms with E-state index in [2.05, 4.69) is 21.3 Å². The maximum Gasteiger partial charge on any atom is 0.409 e. The average molecular weight is 1210 g/mol. The second-order valence-corrected chi connectivity index (χ2v) is 23.8. The Balaban J connectivity index is 0.822. The number of amides is 6. The maximum atomic E-state index is 14.4. The monoisotopic (exact) mass is 1210 g/mol. The Morgan fingerprint density at radius 3 is 2.26 bits per heavy atom. The zero-order valence-corrected chi connectivity index (χ0v) is 51.0. The van der Waals surface area contributed by atoms with Crippen molar-refractivity contribution >= 4 is 76.5 Å². The molecule has 0 aromatic heterocycles. The molecule has 4 aliphatic rings. The van der Waals surface area contributed by atoms with Crippen molar-refractivity contribution in [3.8, 4) is 16.9 Å². The van der Waals surface area contributed by atoms with Gasteiger partial charge in [0.05, 0.1) is 25.3 Å². The summed E-state index contributed by atoms with van der Waals surface area (Å²) in [6.07, 6.45) is -0.161. The molecule has 10 unspecified atom stereocenters. The lowest BCUT2D eigenvalue weighted by molar-refractivity contribution is -0.162. The molecule has 3 heterocycles. The Labute approximate surface area is 504 Å². The summed E-state index contributed by atoms with van der Waals surface area (Å²) in [6, 6.07) is 23.6. The minimum atomic E-state index is -1.87. The molecule has 0 saturated carbocycles. The van der Waals surface area contributed by atoms with Crippen LogP contribution in [0.5, 0.6) is 5.75 Å². The number of methoxy groups -OCH3 is 2. The van der Waals surface area contributed by atoms with E-state index in [1.54, 1.807) is 57.3 Å². The number of benzene rings is 4. The van der Waals surface area contributed by atoms with Crippen molar-refractivity contribution in [2.75, 3.05) is 50.9 Å². The number of esters is 1. The van der Waals surface area contributed by atoms with Crippen molar-refractivity contribution in [2.24, 2.45) is 5.92 Å². The molecule has 10 atom stereocenters. The predicted octanol–water partition coefficient (Wildman–Crippen LogP) is 8.21. The summed E-state index contributed by atoms with van der Waals surface area (Å²) < 4.78 is 35.1. The molecule has 2 fully saturated rings. The molecular formula is C63H75ClN6O14S. The second kappa shape index (κ2) is 27.3. The third kappa shape index (κ3) is 14.8. The number of epoxide rings is 1. The van der Waals surface area contributed by atoms with Crippen LogP contribution in [0.1, 0.15) is 89.0 Å². The molecule has 4 aromatic rings. The van der Waals surface area contributed by atoms with Crippen molar-refractivity contribution in [1.82, 2.24) is 20.9 Å². The Morgan fingerprint density at radius 1 is 0.941 bits per heavy atom. The Kier molecular flexibility index (Phi) is 20.4. The van der Waals surface area contributed by atoms with Gasteiger partial charge in [-0.1, -0.05) is 103 Å². The number of ether oxygens (including phenoxy) is 6. The molecule has 6 amide bonds. The van der Waals surface area contributed by atoms with E-state index in [9.17, 15) is 38.7 Å². The number of hydrogen-bond donors (Lipinski definition) is 5. The van der Waals surface area contributed by atoms with Gasteiger partial charge in [-0.25, -0.2) is 14.4 Å². The van der Waals surface area contributed by atoms with E-state index < -0.39 is 95.7 Å². The van der Waals surface area contributed by atoms with Gasteiger partial charge < -0.3 is 59.3 Å². The van der Waals surface area contributed by atoms with Crippen LogP contribution in [-0.4, -0.2) is 146 Å². The van der Waals surface area contributed by atoms with Crippen LogP contribution in [0, 0.1) is 5.92 Å². The number of carbonyl (C=O) groups excluding carboxylic acids is 7. The number of nitrogens with zero attached hydrogens (tertiary/aromatic N) is 2. The van der Waals surface area contributed by atoms with Crippen LogP contribution in [0.25, 0.3) is 11.1 Å². The van der Waals surface area contributed by atoms with Crippen LogP contribution >= 0.6 is 23.4 Å². The summed E-state index contributed by atoms with van der Waals surface area (Å²) in [5.41, 5.74) is 4.61. The lowest BCUT2D eigenvalue weighted by atomic mass is 9.83. The van der Waals surface area contributed by atoms with Gasteiger partial charge in [-0.3, -0.25) is 24.5 Å². The molecule has 2 saturated heterocycles. The number of likely N-dealkylation sites (N-methyl/N-ethyl adjacent to an activating group) is 1. The normalized spacial score (nSPS) is 24.9. The number of aliphatic hydroxyl groups is 1. The number of rotatable bonds is 17. The molecule has 8 rings (SSSR count). The number of thioether (sulfide) groups is 1. The van der Waals surface area contributed by atoms with Gasteiger partial charge in [0.1, 0.15) is 59.4 Å². The minimum absolute atomic E-state index is 0.0864. The van der Waals surface area contributed by atoms with Gasteiger partial charge in [0.2, 0.25) is 23.6 Å². The topological polar surface area (TPSA) is 253 Å². The first kappa shape index (κ1) is 63.6. The lowest BCUT2D eigenvalue weighted by Gasteiger charge is -2.42. The third-order valence-electron chi connectivity index (χ3n) is 16.3. The highest BCUT2D eigenvalue weighted by Crippen LogP contribution is 2.50. The summed E-state index contributed by atoms with van der Waals surface area (Å²) in [7, 11) is 5.96. The van der Waals surface area contributed by atoms with Crippen LogP contribution in [0.4, 0.5) is 21.0 Å². The van der Waals surface area contributed by atoms with Crippen molar-refractivity contribution in [3.63, 3.8) is 0 Å². The first-order valence-corrected chi connectivity index (χ1v) is 29.7. The largest absolute Gasteiger partial charge is 0.495 e. The Bertz CT molecular complexity index is 3190. The van der Waals surface area contributed by atoms with E-state index in [4.69, 9.17) is 40.0 Å². The molecular weight excluding hydrogens is 1130 g/mol. The van der Waals surface area contributed by atoms with Gasteiger partial charge in [0.25, 0.3) is 0 Å². The molecule has 4 aromatic carbocycles. The molecule has 0 radical (unpaired) electrons. The summed E-state index contributed by atoms with van der Waals surface area (Å²) in [4.78, 5) is 96.8. The highest BCUT2D eigenvalue weighted by Gasteiger charge is 2.64. The summed E-state index contributed by atoms with van der Waals surface area (Å²) in [5, 5.41) is 22.6. The second-order valence-electron chi connectivity index (χ2n) is 22.3. The van der Waals surface area contributed by atoms with Crippen LogP contribution in [-0.2, 0) is 59.8 Å². The maximum absolute atomic E-state index is 14.4. The van der Waals surface area contributed by atoms with Crippen molar-refractivity contribution < 1.29 is 67.1 Å². The van der Waals surface area contributed by atoms with E-state index in [1.165, 1.54) is 63.6 Å². The quantitative estimate of drug-likeness (QED) is 0.0289. The molecule has 454 valence electrons. The number of anilines is 2. The van der Waals surface area contributed by atoms with Gasteiger partial charge in [-0.05, 0) is 98.7 Å². The smallest absolute Gasteiger partial charge is 0.409 e. The standard InChI is InChI=1S/C63H75ClN6O14S/c1-35-16-15-21-51(80-10)63(78)32-50(82-61(77)68-63)36(2)56-62(6,84-56)52(31-54(72)70(8)48-29-41(28-35)30-49(79-9)55(48)64)83-59(75)39(5)69(7)53(71)26-27-85-34-40-22-24-42(25-23-40)67-58(74)37(3)65-57(73)38(4)66-60(76)81-33-47-45-19-13-11-17-43(45)44-18-12-14-20-46(44)47/h11-25,29-30,36-39,47,50-52,56,78H,26-28,31-34H2,1-10H3,(H,65,73)(H,66,76)(H,67,74)(H,68,77)/b21-15+,35-16+. The first-order chi connectivity index (χ1) is 40.4. The molecule has 3 aliphatic heterocycles. The molecule has 1 aliphatic carbocycles. The number of allylic oxidation sites excluding steroid dienone is 3. The van der Waals surface area contributed by atoms with E-state index in [0.29, 0.717) is 35.1 Å². The number of alkyl carbamates (subject to hydrolysis) is 2. The third-order valence-corrected chi connectivity index (χ3v) is 17.7. The minimum Gasteiger partial charge on any atom is -0.495 e. The van der Waals surface area contributed by atoms with Crippen LogP contribution < -0.4 is 30.9 Å². The zero-order valence-electron chi connectivity index (χ0n) is 49.4. The molecule has 85 heavy (non-hydrogen) atoms. The number of hydrogen-bond acceptors (Lipinski definition) is 15. The SMILES string of the molecule is COc1cc2cc(c1Cl)N(C)C(=O)CC(OC(=O)C(C)N(C)C(=O)CCSCc1ccc(NC(=O)C(C)NC(=O)C(C)NC(=O)OCC3c4ccccc4-c4ccccc43)cc1)C1(C)OC1C(C)C1CC(O)(NC(=O)O1)C(OC)/C=C/C=C(\C)C2. The number of nitrogens with one attached hydrogen (secondary N) is 4. The molecule has 0 spiro atoms. The summed E-state index contributed by atoms with van der Waals surface area (Å²) in [5.74, 6) is -2.06. The van der Waals surface area contributed by atoms with E-state index in [1.807, 2.05) is 73.7 Å². The number of carbonyl (C=O) groups is 7. The molecule has 22 heteroatoms. The van der Waals surface area contributed by atoms with Crippen LogP contribution in [0.15, 0.2) is 109 Å². The fourth-order valence-corrected chi connectivity index (χ4v) is 12.2. The summed E-state index contributed by atoms with van der Waals surface area (Å²) >= 11 is 8.34. The fraction of sp³-hybridized carbons (Fsp3) is 0.444. The highest BCUT2D eigenvalue weighted by atomic mass is 35.5. The van der Waals surface area contributed by atoms with Gasteiger partial charge in [0.15, 0.2) is 5.72 Å². The molecule has 4 bridgehead atoms. The van der Waals surface area contributed by atoms with E-state index in [0.717, 1.165) is 39.0 Å². The van der Waals surface area contributed by atoms with Crippen LogP contribution in [0.2, 0.25) is 5.02 Å². The lowest BCUT2D eigenvalue weighted by Crippen LogP contribution is -2.63. The van der Waals surface area contributed by atoms with Crippen molar-refractivity contribution in [3.05, 3.63) is 136 Å². The van der Waals surface area contributed by atoms with Crippen molar-refractivity contribution in [2.45, 2.75) is 133 Å². The number of halogens is 1. The molecule has 20 nitrogen and oxygen atoms in total. The van der Waals surface area contributed by atoms with E-state index >= 15 is 0 Å². The Hall–Kier alpha value is -7.43. The average Bonchev–Trinajstić information content (AvgIpc) is 1.99. The Morgan fingerprint density at radius 2 is 1.60 bits per heavy atom. The van der Waals surface area contributed by atoms with Crippen LogP contribution in [0.3, 0.4) is 0 Å². The molecule has 5 N–H and O–H groups in total. The zero-order chi connectivity index (χ0) is 61.5. The van der Waals surface area contributed by atoms with Gasteiger partial charge in [0, 0.05) is 63.1 Å². The van der Waals surface area contributed by atoms with Gasteiger partial charge in [-0.15, -0.1) is 0 Å². The van der Waals surface area contributed by atoms with Crippen molar-refractivity contribution in [1.29, 1.82) is 0 Å². The predicted molar refractivity (Wildman–Crippen MR) is 322 cm³/mol. The number of fused-ring (bicyclic) bond motifs is 8.